The molecule has 1 aromatic heterocycles. The average molecular weight is 323 g/mol. The molecule has 1 amide bonds. The van der Waals surface area contributed by atoms with E-state index in [1.807, 2.05) is 24.3 Å². The number of hydrogen-bond acceptors (Lipinski definition) is 3. The Morgan fingerprint density at radius 3 is 2.83 bits per heavy atom. The number of anilines is 1. The normalized spacial score (nSPS) is 17.6. The maximum atomic E-state index is 12.4. The Labute approximate surface area is 143 Å². The Morgan fingerprint density at radius 1 is 1.29 bits per heavy atom. The minimum Gasteiger partial charge on any atom is -0.371 e. The molecule has 1 saturated heterocycles. The summed E-state index contributed by atoms with van der Waals surface area (Å²) in [4.78, 5) is 19.0. The van der Waals surface area contributed by atoms with Crippen LogP contribution in [0.4, 0.5) is 5.69 Å². The molecule has 1 fully saturated rings. The van der Waals surface area contributed by atoms with Crippen LogP contribution in [0.15, 0.2) is 42.6 Å². The molecule has 1 aliphatic heterocycles. The van der Waals surface area contributed by atoms with Crippen LogP contribution >= 0.6 is 0 Å². The van der Waals surface area contributed by atoms with Gasteiger partial charge in [-0.2, -0.15) is 0 Å². The van der Waals surface area contributed by atoms with Crippen LogP contribution in [0, 0.1) is 12.8 Å². The standard InChI is InChI=1S/C20H25N3O/c1-15-5-7-17(8-6-15)13-22-20(24)19-12-18(9-10-21-19)23-11-3-4-16(2)14-23/h5-10,12,16H,3-4,11,13-14H2,1-2H3,(H,22,24). The molecule has 3 rings (SSSR count). The van der Waals surface area contributed by atoms with Crippen molar-refractivity contribution in [1.29, 1.82) is 0 Å². The fraction of sp³-hybridized carbons (Fsp3) is 0.400. The second-order valence-corrected chi connectivity index (χ2v) is 6.76. The minimum atomic E-state index is -0.123. The van der Waals surface area contributed by atoms with E-state index in [0.717, 1.165) is 24.3 Å². The first kappa shape index (κ1) is 16.5. The van der Waals surface area contributed by atoms with Crippen molar-refractivity contribution in [3.63, 3.8) is 0 Å². The third-order valence-corrected chi connectivity index (χ3v) is 4.57. The summed E-state index contributed by atoms with van der Waals surface area (Å²) < 4.78 is 0. The fourth-order valence-electron chi connectivity index (χ4n) is 3.14. The number of aryl methyl sites for hydroxylation is 1. The zero-order valence-corrected chi connectivity index (χ0v) is 14.5. The lowest BCUT2D eigenvalue weighted by Gasteiger charge is -2.32. The van der Waals surface area contributed by atoms with Crippen LogP contribution in [-0.4, -0.2) is 24.0 Å². The van der Waals surface area contributed by atoms with Crippen molar-refractivity contribution in [3.05, 3.63) is 59.4 Å². The fourth-order valence-corrected chi connectivity index (χ4v) is 3.14. The van der Waals surface area contributed by atoms with E-state index in [-0.39, 0.29) is 5.91 Å². The molecule has 1 aliphatic rings. The van der Waals surface area contributed by atoms with E-state index in [4.69, 9.17) is 0 Å². The Morgan fingerprint density at radius 2 is 2.08 bits per heavy atom. The van der Waals surface area contributed by atoms with E-state index >= 15 is 0 Å². The summed E-state index contributed by atoms with van der Waals surface area (Å²) in [5.41, 5.74) is 3.89. The maximum Gasteiger partial charge on any atom is 0.270 e. The van der Waals surface area contributed by atoms with E-state index in [1.54, 1.807) is 6.20 Å². The van der Waals surface area contributed by atoms with E-state index in [9.17, 15) is 4.79 Å². The molecule has 1 aromatic carbocycles. The van der Waals surface area contributed by atoms with Gasteiger partial charge in [0.1, 0.15) is 5.69 Å². The number of hydrogen-bond donors (Lipinski definition) is 1. The Kier molecular flexibility index (Phi) is 5.14. The molecule has 0 radical (unpaired) electrons. The highest BCUT2D eigenvalue weighted by Crippen LogP contribution is 2.23. The van der Waals surface area contributed by atoms with Gasteiger partial charge in [-0.3, -0.25) is 9.78 Å². The predicted molar refractivity (Wildman–Crippen MR) is 97.2 cm³/mol. The highest BCUT2D eigenvalue weighted by atomic mass is 16.1. The summed E-state index contributed by atoms with van der Waals surface area (Å²) in [6, 6.07) is 12.1. The van der Waals surface area contributed by atoms with Crippen LogP contribution in [0.2, 0.25) is 0 Å². The van der Waals surface area contributed by atoms with Gasteiger partial charge in [0.05, 0.1) is 0 Å². The molecule has 126 valence electrons. The number of piperidine rings is 1. The molecule has 1 N–H and O–H groups in total. The zero-order valence-electron chi connectivity index (χ0n) is 14.5. The number of nitrogens with zero attached hydrogens (tertiary/aromatic N) is 2. The molecule has 1 unspecified atom stereocenters. The van der Waals surface area contributed by atoms with Crippen LogP contribution in [0.1, 0.15) is 41.4 Å². The molecular formula is C20H25N3O. The number of pyridine rings is 1. The lowest BCUT2D eigenvalue weighted by molar-refractivity contribution is 0.0946. The van der Waals surface area contributed by atoms with Crippen LogP contribution in [0.3, 0.4) is 0 Å². The quantitative estimate of drug-likeness (QED) is 0.936. The first-order valence-corrected chi connectivity index (χ1v) is 8.66. The zero-order chi connectivity index (χ0) is 16.9. The topological polar surface area (TPSA) is 45.2 Å². The number of aromatic nitrogens is 1. The summed E-state index contributed by atoms with van der Waals surface area (Å²) in [6.45, 7) is 6.96. The minimum absolute atomic E-state index is 0.123. The van der Waals surface area contributed by atoms with Gasteiger partial charge in [-0.15, -0.1) is 0 Å². The smallest absolute Gasteiger partial charge is 0.270 e. The van der Waals surface area contributed by atoms with Crippen LogP contribution in [-0.2, 0) is 6.54 Å². The molecule has 0 bridgehead atoms. The first-order chi connectivity index (χ1) is 11.6. The molecule has 2 heterocycles. The van der Waals surface area contributed by atoms with E-state index in [2.05, 4.69) is 41.2 Å². The van der Waals surface area contributed by atoms with Gasteiger partial charge in [0.15, 0.2) is 0 Å². The molecular weight excluding hydrogens is 298 g/mol. The highest BCUT2D eigenvalue weighted by molar-refractivity contribution is 5.93. The van der Waals surface area contributed by atoms with E-state index in [0.29, 0.717) is 18.2 Å². The largest absolute Gasteiger partial charge is 0.371 e. The van der Waals surface area contributed by atoms with Gasteiger partial charge in [0.2, 0.25) is 0 Å². The molecule has 4 nitrogen and oxygen atoms in total. The van der Waals surface area contributed by atoms with Gasteiger partial charge < -0.3 is 10.2 Å². The van der Waals surface area contributed by atoms with Crippen molar-refractivity contribution < 1.29 is 4.79 Å². The van der Waals surface area contributed by atoms with Gasteiger partial charge in [-0.1, -0.05) is 36.8 Å². The van der Waals surface area contributed by atoms with Crippen molar-refractivity contribution in [1.82, 2.24) is 10.3 Å². The predicted octanol–water partition coefficient (Wildman–Crippen LogP) is 3.56. The molecule has 1 atom stereocenters. The summed E-state index contributed by atoms with van der Waals surface area (Å²) in [5.74, 6) is 0.577. The van der Waals surface area contributed by atoms with Crippen molar-refractivity contribution in [3.8, 4) is 0 Å². The third kappa shape index (κ3) is 4.13. The molecule has 0 spiro atoms. The van der Waals surface area contributed by atoms with Crippen molar-refractivity contribution in [2.45, 2.75) is 33.2 Å². The van der Waals surface area contributed by atoms with Crippen molar-refractivity contribution in [2.24, 2.45) is 5.92 Å². The maximum absolute atomic E-state index is 12.4. The second kappa shape index (κ2) is 7.47. The number of nitrogens with one attached hydrogen (secondary N) is 1. The third-order valence-electron chi connectivity index (χ3n) is 4.57. The van der Waals surface area contributed by atoms with Crippen molar-refractivity contribution in [2.75, 3.05) is 18.0 Å². The molecule has 0 aliphatic carbocycles. The SMILES string of the molecule is Cc1ccc(CNC(=O)c2cc(N3CCCC(C)C3)ccn2)cc1. The summed E-state index contributed by atoms with van der Waals surface area (Å²) in [6.07, 6.45) is 4.22. The van der Waals surface area contributed by atoms with Gasteiger partial charge in [0.25, 0.3) is 5.91 Å². The lowest BCUT2D eigenvalue weighted by Crippen LogP contribution is -2.34. The number of rotatable bonds is 4. The Bertz CT molecular complexity index is 696. The summed E-state index contributed by atoms with van der Waals surface area (Å²) in [5, 5.41) is 2.95. The average Bonchev–Trinajstić information content (AvgIpc) is 2.61. The molecule has 2 aromatic rings. The van der Waals surface area contributed by atoms with Crippen LogP contribution in [0.5, 0.6) is 0 Å². The van der Waals surface area contributed by atoms with Crippen LogP contribution in [0.25, 0.3) is 0 Å². The summed E-state index contributed by atoms with van der Waals surface area (Å²) >= 11 is 0. The van der Waals surface area contributed by atoms with Gasteiger partial charge in [0, 0.05) is 31.5 Å². The van der Waals surface area contributed by atoms with Gasteiger partial charge in [-0.25, -0.2) is 0 Å². The number of benzene rings is 1. The Hall–Kier alpha value is -2.36. The van der Waals surface area contributed by atoms with Crippen molar-refractivity contribution >= 4 is 11.6 Å². The second-order valence-electron chi connectivity index (χ2n) is 6.76. The van der Waals surface area contributed by atoms with E-state index < -0.39 is 0 Å². The van der Waals surface area contributed by atoms with E-state index in [1.165, 1.54) is 18.4 Å². The van der Waals surface area contributed by atoms with Gasteiger partial charge >= 0.3 is 0 Å². The molecule has 4 heteroatoms. The molecule has 0 saturated carbocycles. The highest BCUT2D eigenvalue weighted by Gasteiger charge is 2.18. The first-order valence-electron chi connectivity index (χ1n) is 8.66. The monoisotopic (exact) mass is 323 g/mol. The number of carbonyl (C=O) groups excluding carboxylic acids is 1. The number of carbonyl (C=O) groups is 1. The lowest BCUT2D eigenvalue weighted by atomic mass is 10.00. The van der Waals surface area contributed by atoms with Gasteiger partial charge in [-0.05, 0) is 43.4 Å². The Balaban J connectivity index is 1.64. The van der Waals surface area contributed by atoms with Crippen LogP contribution < -0.4 is 10.2 Å². The summed E-state index contributed by atoms with van der Waals surface area (Å²) in [7, 11) is 0. The molecule has 24 heavy (non-hydrogen) atoms. The number of amides is 1.